The Kier molecular flexibility index (Phi) is 4.76. The standard InChI is InChI=1S/C10H10BrClN2O2/c1-2-16-7(15)4-3-6-5-14-10(12)8(11)9(6)13/h3-5H,2H2,1H3,(H2,13,14)/b4-3+. The molecule has 0 unspecified atom stereocenters. The van der Waals surface area contributed by atoms with Crippen LogP contribution < -0.4 is 5.73 Å². The van der Waals surface area contributed by atoms with Gasteiger partial charge in [0.1, 0.15) is 5.15 Å². The predicted molar refractivity (Wildman–Crippen MR) is 67.0 cm³/mol. The molecule has 16 heavy (non-hydrogen) atoms. The second-order valence-electron chi connectivity index (χ2n) is 2.82. The van der Waals surface area contributed by atoms with Gasteiger partial charge in [-0.05, 0) is 28.9 Å². The normalized spacial score (nSPS) is 10.7. The van der Waals surface area contributed by atoms with Gasteiger partial charge in [-0.3, -0.25) is 0 Å². The fourth-order valence-corrected chi connectivity index (χ4v) is 1.45. The van der Waals surface area contributed by atoms with Crippen LogP contribution in [0.2, 0.25) is 5.15 Å². The lowest BCUT2D eigenvalue weighted by atomic mass is 10.2. The Labute approximate surface area is 107 Å². The SMILES string of the molecule is CCOC(=O)/C=C/c1cnc(Cl)c(Br)c1N. The second-order valence-corrected chi connectivity index (χ2v) is 3.97. The maximum absolute atomic E-state index is 11.1. The summed E-state index contributed by atoms with van der Waals surface area (Å²) in [6.07, 6.45) is 4.30. The first-order valence-corrected chi connectivity index (χ1v) is 5.67. The van der Waals surface area contributed by atoms with Crippen LogP contribution in [0.1, 0.15) is 12.5 Å². The summed E-state index contributed by atoms with van der Waals surface area (Å²) in [4.78, 5) is 15.0. The van der Waals surface area contributed by atoms with Crippen LogP contribution >= 0.6 is 27.5 Å². The topological polar surface area (TPSA) is 65.2 Å². The van der Waals surface area contributed by atoms with E-state index >= 15 is 0 Å². The Bertz CT molecular complexity index is 435. The molecule has 0 bridgehead atoms. The molecule has 0 radical (unpaired) electrons. The summed E-state index contributed by atoms with van der Waals surface area (Å²) in [6.45, 7) is 2.07. The van der Waals surface area contributed by atoms with Crippen LogP contribution in [-0.4, -0.2) is 17.6 Å². The van der Waals surface area contributed by atoms with Gasteiger partial charge < -0.3 is 10.5 Å². The molecule has 0 spiro atoms. The van der Waals surface area contributed by atoms with E-state index in [-0.39, 0.29) is 5.15 Å². The number of carbonyl (C=O) groups excluding carboxylic acids is 1. The molecular weight excluding hydrogens is 295 g/mol. The van der Waals surface area contributed by atoms with E-state index in [2.05, 4.69) is 20.9 Å². The lowest BCUT2D eigenvalue weighted by molar-refractivity contribution is -0.137. The summed E-state index contributed by atoms with van der Waals surface area (Å²) >= 11 is 8.94. The summed E-state index contributed by atoms with van der Waals surface area (Å²) in [5.74, 6) is -0.423. The van der Waals surface area contributed by atoms with Gasteiger partial charge >= 0.3 is 5.97 Å². The third-order valence-corrected chi connectivity index (χ3v) is 3.05. The summed E-state index contributed by atoms with van der Waals surface area (Å²) < 4.78 is 5.25. The Morgan fingerprint density at radius 1 is 1.75 bits per heavy atom. The highest BCUT2D eigenvalue weighted by Crippen LogP contribution is 2.29. The van der Waals surface area contributed by atoms with E-state index in [4.69, 9.17) is 22.1 Å². The quantitative estimate of drug-likeness (QED) is 0.530. The highest BCUT2D eigenvalue weighted by molar-refractivity contribution is 9.10. The summed E-state index contributed by atoms with van der Waals surface area (Å²) in [7, 11) is 0. The molecule has 0 aromatic carbocycles. The van der Waals surface area contributed by atoms with Gasteiger partial charge in [0.15, 0.2) is 0 Å². The van der Waals surface area contributed by atoms with Gasteiger partial charge in [0.05, 0.1) is 16.8 Å². The molecule has 0 fully saturated rings. The van der Waals surface area contributed by atoms with Crippen molar-refractivity contribution in [1.82, 2.24) is 4.98 Å². The number of halogens is 2. The number of nitrogen functional groups attached to an aromatic ring is 1. The highest BCUT2D eigenvalue weighted by atomic mass is 79.9. The first-order chi connectivity index (χ1) is 7.56. The van der Waals surface area contributed by atoms with Crippen molar-refractivity contribution >= 4 is 45.3 Å². The number of nitrogens with zero attached hydrogens (tertiary/aromatic N) is 1. The second kappa shape index (κ2) is 5.86. The third kappa shape index (κ3) is 3.21. The van der Waals surface area contributed by atoms with Crippen LogP contribution in [0.25, 0.3) is 6.08 Å². The minimum atomic E-state index is -0.423. The predicted octanol–water partition coefficient (Wildman–Crippen LogP) is 2.66. The zero-order chi connectivity index (χ0) is 12.1. The van der Waals surface area contributed by atoms with Gasteiger partial charge in [-0.15, -0.1) is 0 Å². The fraction of sp³-hybridized carbons (Fsp3) is 0.200. The number of esters is 1. The molecule has 1 rings (SSSR count). The van der Waals surface area contributed by atoms with Gasteiger partial charge in [-0.1, -0.05) is 11.6 Å². The molecule has 0 aliphatic carbocycles. The van der Waals surface area contributed by atoms with E-state index in [0.717, 1.165) is 0 Å². The van der Waals surface area contributed by atoms with Gasteiger partial charge in [-0.25, -0.2) is 9.78 Å². The Hall–Kier alpha value is -1.07. The smallest absolute Gasteiger partial charge is 0.330 e. The van der Waals surface area contributed by atoms with Crippen molar-refractivity contribution in [1.29, 1.82) is 0 Å². The number of nitrogens with two attached hydrogens (primary N) is 1. The van der Waals surface area contributed by atoms with E-state index in [1.807, 2.05) is 0 Å². The summed E-state index contributed by atoms with van der Waals surface area (Å²) in [5, 5.41) is 0.283. The number of ether oxygens (including phenoxy) is 1. The molecule has 0 aliphatic heterocycles. The molecule has 0 saturated heterocycles. The molecule has 86 valence electrons. The maximum Gasteiger partial charge on any atom is 0.330 e. The van der Waals surface area contributed by atoms with Gasteiger partial charge in [0.2, 0.25) is 0 Å². The minimum Gasteiger partial charge on any atom is -0.463 e. The Morgan fingerprint density at radius 3 is 3.06 bits per heavy atom. The van der Waals surface area contributed by atoms with Crippen LogP contribution in [-0.2, 0) is 9.53 Å². The molecule has 4 nitrogen and oxygen atoms in total. The van der Waals surface area contributed by atoms with Crippen molar-refractivity contribution in [2.24, 2.45) is 0 Å². The maximum atomic E-state index is 11.1. The lowest BCUT2D eigenvalue weighted by Gasteiger charge is -2.03. The van der Waals surface area contributed by atoms with Crippen molar-refractivity contribution in [2.45, 2.75) is 6.92 Å². The molecule has 0 atom stereocenters. The van der Waals surface area contributed by atoms with Crippen LogP contribution in [0, 0.1) is 0 Å². The van der Waals surface area contributed by atoms with Crippen LogP contribution in [0.3, 0.4) is 0 Å². The van der Waals surface area contributed by atoms with E-state index in [9.17, 15) is 4.79 Å². The van der Waals surface area contributed by atoms with E-state index in [0.29, 0.717) is 22.3 Å². The number of aromatic nitrogens is 1. The Balaban J connectivity index is 2.90. The van der Waals surface area contributed by atoms with Gasteiger partial charge in [0, 0.05) is 17.8 Å². The van der Waals surface area contributed by atoms with Crippen molar-refractivity contribution in [3.8, 4) is 0 Å². The summed E-state index contributed by atoms with van der Waals surface area (Å²) in [6, 6.07) is 0. The zero-order valence-corrected chi connectivity index (χ0v) is 10.9. The molecule has 2 N–H and O–H groups in total. The Morgan fingerprint density at radius 2 is 2.44 bits per heavy atom. The number of rotatable bonds is 3. The van der Waals surface area contributed by atoms with E-state index < -0.39 is 5.97 Å². The third-order valence-electron chi connectivity index (χ3n) is 1.73. The molecule has 1 aromatic rings. The van der Waals surface area contributed by atoms with Crippen LogP contribution in [0.15, 0.2) is 16.7 Å². The number of pyridine rings is 1. The van der Waals surface area contributed by atoms with Crippen LogP contribution in [0.4, 0.5) is 5.69 Å². The lowest BCUT2D eigenvalue weighted by Crippen LogP contribution is -1.99. The largest absolute Gasteiger partial charge is 0.463 e. The molecule has 1 heterocycles. The first-order valence-electron chi connectivity index (χ1n) is 4.50. The van der Waals surface area contributed by atoms with Crippen molar-refractivity contribution in [3.05, 3.63) is 27.5 Å². The molecule has 1 aromatic heterocycles. The fourth-order valence-electron chi connectivity index (χ4n) is 0.971. The molecule has 0 aliphatic rings. The molecular formula is C10H10BrClN2O2. The first kappa shape index (κ1) is 13.0. The average Bonchev–Trinajstić information content (AvgIpc) is 2.25. The number of hydrogen-bond acceptors (Lipinski definition) is 4. The monoisotopic (exact) mass is 304 g/mol. The number of hydrogen-bond donors (Lipinski definition) is 1. The molecule has 6 heteroatoms. The zero-order valence-electron chi connectivity index (χ0n) is 8.54. The molecule has 0 amide bonds. The van der Waals surface area contributed by atoms with Crippen molar-refractivity contribution < 1.29 is 9.53 Å². The van der Waals surface area contributed by atoms with Gasteiger partial charge in [0.25, 0.3) is 0 Å². The van der Waals surface area contributed by atoms with Crippen molar-refractivity contribution in [2.75, 3.05) is 12.3 Å². The number of carbonyl (C=O) groups is 1. The summed E-state index contributed by atoms with van der Waals surface area (Å²) in [5.41, 5.74) is 6.80. The van der Waals surface area contributed by atoms with Crippen molar-refractivity contribution in [3.63, 3.8) is 0 Å². The van der Waals surface area contributed by atoms with E-state index in [1.54, 1.807) is 6.92 Å². The van der Waals surface area contributed by atoms with Gasteiger partial charge in [-0.2, -0.15) is 0 Å². The number of anilines is 1. The highest BCUT2D eigenvalue weighted by Gasteiger charge is 2.06. The molecule has 0 saturated carbocycles. The van der Waals surface area contributed by atoms with E-state index in [1.165, 1.54) is 18.3 Å². The average molecular weight is 306 g/mol. The minimum absolute atomic E-state index is 0.283. The van der Waals surface area contributed by atoms with Crippen LogP contribution in [0.5, 0.6) is 0 Å².